The topological polar surface area (TPSA) is 49.5 Å². The third kappa shape index (κ3) is 2.47. The second-order valence-electron chi connectivity index (χ2n) is 3.86. The number of aromatic nitrogens is 1. The monoisotopic (exact) mass is 232 g/mol. The molecule has 0 amide bonds. The van der Waals surface area contributed by atoms with Crippen molar-refractivity contribution in [3.8, 4) is 0 Å². The van der Waals surface area contributed by atoms with Gasteiger partial charge in [-0.15, -0.1) is 0 Å². The Morgan fingerprint density at radius 2 is 2.24 bits per heavy atom. The van der Waals surface area contributed by atoms with Gasteiger partial charge in [0.15, 0.2) is 0 Å². The van der Waals surface area contributed by atoms with Gasteiger partial charge in [-0.3, -0.25) is 4.90 Å². The average molecular weight is 232 g/mol. The minimum Gasteiger partial charge on any atom is -0.431 e. The van der Waals surface area contributed by atoms with Gasteiger partial charge in [-0.25, -0.2) is 0 Å². The molecule has 1 aromatic heterocycles. The Balaban J connectivity index is 2.33. The molecule has 2 aromatic rings. The van der Waals surface area contributed by atoms with Crippen LogP contribution in [0.2, 0.25) is 0 Å². The molecule has 0 saturated heterocycles. The summed E-state index contributed by atoms with van der Waals surface area (Å²) in [4.78, 5) is 6.18. The number of anilines is 2. The first-order chi connectivity index (χ1) is 8.24. The van der Waals surface area contributed by atoms with Gasteiger partial charge >= 0.3 is 6.01 Å². The maximum atomic E-state index is 8.98. The number of oxazole rings is 1. The van der Waals surface area contributed by atoms with Crippen molar-refractivity contribution in [2.75, 3.05) is 11.4 Å². The fourth-order valence-corrected chi connectivity index (χ4v) is 1.72. The Kier molecular flexibility index (Phi) is 3.44. The van der Waals surface area contributed by atoms with Crippen molar-refractivity contribution >= 4 is 11.7 Å². The fourth-order valence-electron chi connectivity index (χ4n) is 1.72. The molecule has 1 N–H and O–H groups in total. The SMILES string of the molecule is CCN(c1cccc(C)c1)c1nc(CO)co1. The van der Waals surface area contributed by atoms with Crippen LogP contribution in [0.25, 0.3) is 0 Å². The molecule has 0 aliphatic heterocycles. The van der Waals surface area contributed by atoms with E-state index in [2.05, 4.69) is 11.1 Å². The van der Waals surface area contributed by atoms with E-state index in [4.69, 9.17) is 9.52 Å². The van der Waals surface area contributed by atoms with E-state index >= 15 is 0 Å². The van der Waals surface area contributed by atoms with Crippen molar-refractivity contribution in [3.63, 3.8) is 0 Å². The molecule has 4 heteroatoms. The van der Waals surface area contributed by atoms with Crippen LogP contribution >= 0.6 is 0 Å². The highest BCUT2D eigenvalue weighted by Gasteiger charge is 2.13. The highest BCUT2D eigenvalue weighted by Crippen LogP contribution is 2.24. The van der Waals surface area contributed by atoms with E-state index in [1.54, 1.807) is 0 Å². The molecule has 0 aliphatic carbocycles. The normalized spacial score (nSPS) is 10.5. The Morgan fingerprint density at radius 1 is 1.41 bits per heavy atom. The number of hydrogen-bond donors (Lipinski definition) is 1. The second kappa shape index (κ2) is 5.01. The molecule has 0 fully saturated rings. The van der Waals surface area contributed by atoms with E-state index in [-0.39, 0.29) is 6.61 Å². The van der Waals surface area contributed by atoms with Crippen molar-refractivity contribution in [2.24, 2.45) is 0 Å². The van der Waals surface area contributed by atoms with Crippen LogP contribution in [0.5, 0.6) is 0 Å². The van der Waals surface area contributed by atoms with Gasteiger partial charge < -0.3 is 9.52 Å². The Bertz CT molecular complexity index is 494. The highest BCUT2D eigenvalue weighted by molar-refractivity contribution is 5.57. The van der Waals surface area contributed by atoms with Crippen LogP contribution in [0.3, 0.4) is 0 Å². The molecule has 0 saturated carbocycles. The summed E-state index contributed by atoms with van der Waals surface area (Å²) in [6.07, 6.45) is 1.48. The van der Waals surface area contributed by atoms with Crippen molar-refractivity contribution in [1.29, 1.82) is 0 Å². The van der Waals surface area contributed by atoms with Gasteiger partial charge in [-0.05, 0) is 31.5 Å². The third-order valence-electron chi connectivity index (χ3n) is 2.56. The lowest BCUT2D eigenvalue weighted by Crippen LogP contribution is -2.16. The van der Waals surface area contributed by atoms with Crippen LogP contribution < -0.4 is 4.90 Å². The van der Waals surface area contributed by atoms with E-state index in [1.165, 1.54) is 11.8 Å². The van der Waals surface area contributed by atoms with Crippen LogP contribution in [-0.2, 0) is 6.61 Å². The molecule has 0 radical (unpaired) electrons. The summed E-state index contributed by atoms with van der Waals surface area (Å²) in [6, 6.07) is 8.66. The molecule has 0 bridgehead atoms. The molecular weight excluding hydrogens is 216 g/mol. The van der Waals surface area contributed by atoms with E-state index in [0.717, 1.165) is 12.2 Å². The van der Waals surface area contributed by atoms with Gasteiger partial charge in [0, 0.05) is 12.2 Å². The minimum atomic E-state index is -0.102. The smallest absolute Gasteiger partial charge is 0.302 e. The molecule has 0 aliphatic rings. The number of benzene rings is 1. The van der Waals surface area contributed by atoms with Crippen LogP contribution in [0.1, 0.15) is 18.2 Å². The molecule has 1 heterocycles. The van der Waals surface area contributed by atoms with Gasteiger partial charge in [0.05, 0.1) is 6.61 Å². The number of nitrogens with zero attached hydrogens (tertiary/aromatic N) is 2. The summed E-state index contributed by atoms with van der Waals surface area (Å²) < 4.78 is 5.36. The quantitative estimate of drug-likeness (QED) is 0.880. The molecule has 0 atom stereocenters. The predicted octanol–water partition coefficient (Wildman–Crippen LogP) is 2.63. The Morgan fingerprint density at radius 3 is 2.82 bits per heavy atom. The van der Waals surface area contributed by atoms with Gasteiger partial charge in [0.2, 0.25) is 0 Å². The van der Waals surface area contributed by atoms with Crippen LogP contribution in [-0.4, -0.2) is 16.6 Å². The molecule has 1 aromatic carbocycles. The summed E-state index contributed by atoms with van der Waals surface area (Å²) in [7, 11) is 0. The van der Waals surface area contributed by atoms with Crippen LogP contribution in [0, 0.1) is 6.92 Å². The predicted molar refractivity (Wildman–Crippen MR) is 66.3 cm³/mol. The molecule has 0 spiro atoms. The fraction of sp³-hybridized carbons (Fsp3) is 0.308. The van der Waals surface area contributed by atoms with Crippen LogP contribution in [0.4, 0.5) is 11.7 Å². The molecule has 2 rings (SSSR count). The summed E-state index contributed by atoms with van der Waals surface area (Å²) in [5.74, 6) is 0. The number of aliphatic hydroxyl groups excluding tert-OH is 1. The average Bonchev–Trinajstić information content (AvgIpc) is 2.79. The molecule has 0 unspecified atom stereocenters. The standard InChI is InChI=1S/C13H16N2O2/c1-3-15(12-6-4-5-10(2)7-12)13-14-11(8-16)9-17-13/h4-7,9,16H,3,8H2,1-2H3. The molecular formula is C13H16N2O2. The zero-order chi connectivity index (χ0) is 12.3. The van der Waals surface area contributed by atoms with E-state index in [9.17, 15) is 0 Å². The van der Waals surface area contributed by atoms with Gasteiger partial charge in [0.1, 0.15) is 12.0 Å². The Labute approximate surface area is 101 Å². The van der Waals surface area contributed by atoms with Crippen molar-refractivity contribution in [1.82, 2.24) is 4.98 Å². The van der Waals surface area contributed by atoms with E-state index in [0.29, 0.717) is 11.7 Å². The highest BCUT2D eigenvalue weighted by atomic mass is 16.4. The van der Waals surface area contributed by atoms with Crippen molar-refractivity contribution in [3.05, 3.63) is 41.8 Å². The van der Waals surface area contributed by atoms with Gasteiger partial charge in [0.25, 0.3) is 0 Å². The summed E-state index contributed by atoms with van der Waals surface area (Å²) >= 11 is 0. The lowest BCUT2D eigenvalue weighted by atomic mass is 10.2. The summed E-state index contributed by atoms with van der Waals surface area (Å²) in [5.41, 5.74) is 2.78. The maximum Gasteiger partial charge on any atom is 0.302 e. The minimum absolute atomic E-state index is 0.102. The summed E-state index contributed by atoms with van der Waals surface area (Å²) in [6.45, 7) is 4.74. The van der Waals surface area contributed by atoms with Gasteiger partial charge in [-0.2, -0.15) is 4.98 Å². The van der Waals surface area contributed by atoms with Crippen LogP contribution in [0.15, 0.2) is 34.9 Å². The van der Waals surface area contributed by atoms with E-state index < -0.39 is 0 Å². The zero-order valence-electron chi connectivity index (χ0n) is 10.1. The first-order valence-corrected chi connectivity index (χ1v) is 5.64. The molecule has 4 nitrogen and oxygen atoms in total. The lowest BCUT2D eigenvalue weighted by Gasteiger charge is -2.18. The van der Waals surface area contributed by atoms with E-state index in [1.807, 2.05) is 36.9 Å². The van der Waals surface area contributed by atoms with Crippen molar-refractivity contribution < 1.29 is 9.52 Å². The first kappa shape index (κ1) is 11.7. The summed E-state index contributed by atoms with van der Waals surface area (Å²) in [5, 5.41) is 8.98. The maximum absolute atomic E-state index is 8.98. The second-order valence-corrected chi connectivity index (χ2v) is 3.86. The molecule has 90 valence electrons. The Hall–Kier alpha value is -1.81. The first-order valence-electron chi connectivity index (χ1n) is 5.64. The molecule has 17 heavy (non-hydrogen) atoms. The van der Waals surface area contributed by atoms with Gasteiger partial charge in [-0.1, -0.05) is 12.1 Å². The number of rotatable bonds is 4. The zero-order valence-corrected chi connectivity index (χ0v) is 10.1. The van der Waals surface area contributed by atoms with Crippen molar-refractivity contribution in [2.45, 2.75) is 20.5 Å². The third-order valence-corrected chi connectivity index (χ3v) is 2.56. The largest absolute Gasteiger partial charge is 0.431 e. The number of aryl methyl sites for hydroxylation is 1. The lowest BCUT2D eigenvalue weighted by molar-refractivity contribution is 0.276. The number of aliphatic hydroxyl groups is 1. The number of hydrogen-bond acceptors (Lipinski definition) is 4.